The highest BCUT2D eigenvalue weighted by Gasteiger charge is 2.10. The minimum atomic E-state index is -0.648. The molecule has 1 unspecified atom stereocenters. The summed E-state index contributed by atoms with van der Waals surface area (Å²) in [6, 6.07) is 0. The fourth-order valence-electron chi connectivity index (χ4n) is 0.638. The maximum atomic E-state index is 10.6. The monoisotopic (exact) mass is 191 g/mol. The zero-order chi connectivity index (χ0) is 9.56. The second-order valence-corrected chi connectivity index (χ2v) is 2.86. The molecule has 0 heterocycles. The van der Waals surface area contributed by atoms with Crippen molar-refractivity contribution in [1.29, 1.82) is 0 Å². The van der Waals surface area contributed by atoms with Crippen LogP contribution in [0, 0.1) is 0 Å². The first-order valence-corrected chi connectivity index (χ1v) is 4.08. The molecule has 0 saturated carbocycles. The molecule has 0 saturated heterocycles. The molecular weight excluding hydrogens is 178 g/mol. The Balaban J connectivity index is 3.82. The highest BCUT2D eigenvalue weighted by molar-refractivity contribution is 7.80. The molecule has 0 aliphatic heterocycles. The van der Waals surface area contributed by atoms with Gasteiger partial charge in [-0.05, 0) is 6.92 Å². The Morgan fingerprint density at radius 1 is 1.75 bits per heavy atom. The van der Waals surface area contributed by atoms with E-state index in [1.165, 1.54) is 0 Å². The molecule has 0 aliphatic rings. The molecule has 0 aromatic heterocycles. The molecule has 12 heavy (non-hydrogen) atoms. The van der Waals surface area contributed by atoms with E-state index >= 15 is 0 Å². The summed E-state index contributed by atoms with van der Waals surface area (Å²) < 4.78 is 4.77. The lowest BCUT2D eigenvalue weighted by Gasteiger charge is -2.16. The number of thiocarbonyl (C=S) groups is 1. The van der Waals surface area contributed by atoms with Gasteiger partial charge < -0.3 is 15.2 Å². The van der Waals surface area contributed by atoms with E-state index in [-0.39, 0.29) is 0 Å². The Kier molecular flexibility index (Phi) is 5.57. The average Bonchev–Trinajstić information content (AvgIpc) is 2.02. The summed E-state index contributed by atoms with van der Waals surface area (Å²) in [5.74, 6) is -0.648. The molecule has 0 aromatic rings. The number of hydrogen-bond acceptors (Lipinski definition) is 4. The van der Waals surface area contributed by atoms with E-state index in [0.29, 0.717) is 11.4 Å². The quantitative estimate of drug-likeness (QED) is 0.377. The smallest absolute Gasteiger partial charge is 0.333 e. The zero-order valence-electron chi connectivity index (χ0n) is 7.16. The van der Waals surface area contributed by atoms with E-state index in [4.69, 9.17) is 22.1 Å². The molecule has 0 bridgehead atoms. The summed E-state index contributed by atoms with van der Waals surface area (Å²) in [4.78, 5) is 11.2. The van der Waals surface area contributed by atoms with Crippen LogP contribution in [0.3, 0.4) is 0 Å². The maximum absolute atomic E-state index is 10.6. The largest absolute Gasteiger partial charge is 0.440 e. The van der Waals surface area contributed by atoms with Crippen LogP contribution in [0.25, 0.3) is 0 Å². The van der Waals surface area contributed by atoms with E-state index in [9.17, 15) is 4.79 Å². The molecule has 0 fully saturated rings. The molecule has 70 valence electrons. The van der Waals surface area contributed by atoms with Crippen molar-refractivity contribution in [2.45, 2.75) is 26.5 Å². The number of nitrogens with one attached hydrogen (secondary N) is 1. The normalized spacial score (nSPS) is 11.9. The highest BCUT2D eigenvalue weighted by atomic mass is 32.1. The third kappa shape index (κ3) is 5.03. The van der Waals surface area contributed by atoms with Crippen LogP contribution in [0.2, 0.25) is 0 Å². The van der Waals surface area contributed by atoms with Gasteiger partial charge in [0.1, 0.15) is 6.61 Å². The first-order valence-electron chi connectivity index (χ1n) is 3.67. The number of ether oxygens (including phenoxy) is 1. The molecule has 2 N–H and O–H groups in total. The first kappa shape index (κ1) is 11.3. The number of rotatable bonds is 4. The number of hydrogen-bond donors (Lipinski definition) is 2. The van der Waals surface area contributed by atoms with Crippen LogP contribution < -0.4 is 5.32 Å². The predicted octanol–water partition coefficient (Wildman–Crippen LogP) is 0.195. The molecule has 4 nitrogen and oxygen atoms in total. The molecule has 0 amide bonds. The lowest BCUT2D eigenvalue weighted by molar-refractivity contribution is -0.153. The summed E-state index contributed by atoms with van der Waals surface area (Å²) in [5, 5.41) is 11.2. The van der Waals surface area contributed by atoms with Gasteiger partial charge in [-0.15, -0.1) is 0 Å². The van der Waals surface area contributed by atoms with Gasteiger partial charge in [-0.1, -0.05) is 19.1 Å². The molecule has 1 atom stereocenters. The Morgan fingerprint density at radius 3 is 2.67 bits per heavy atom. The van der Waals surface area contributed by atoms with Gasteiger partial charge in [-0.25, -0.2) is 4.79 Å². The minimum Gasteiger partial charge on any atom is -0.440 e. The van der Waals surface area contributed by atoms with Crippen LogP contribution >= 0.6 is 12.2 Å². The van der Waals surface area contributed by atoms with Crippen LogP contribution in [0.15, 0.2) is 0 Å². The van der Waals surface area contributed by atoms with E-state index in [0.717, 1.165) is 0 Å². The van der Waals surface area contributed by atoms with Gasteiger partial charge >= 0.3 is 5.97 Å². The Bertz CT molecular complexity index is 172. The summed E-state index contributed by atoms with van der Waals surface area (Å²) in [5.41, 5.74) is 0. The molecular formula is C7H13NO3S. The van der Waals surface area contributed by atoms with Crippen LogP contribution in [-0.4, -0.2) is 28.9 Å². The Hall–Kier alpha value is -0.680. The zero-order valence-corrected chi connectivity index (χ0v) is 7.98. The summed E-state index contributed by atoms with van der Waals surface area (Å²) in [6.07, 6.45) is 0.182. The van der Waals surface area contributed by atoms with Crippen LogP contribution in [0.4, 0.5) is 0 Å². The average molecular weight is 191 g/mol. The summed E-state index contributed by atoms with van der Waals surface area (Å²) in [7, 11) is 0. The molecule has 0 radical (unpaired) electrons. The van der Waals surface area contributed by atoms with Gasteiger partial charge in [0, 0.05) is 6.42 Å². The van der Waals surface area contributed by atoms with Crippen LogP contribution in [0.5, 0.6) is 0 Å². The van der Waals surface area contributed by atoms with Gasteiger partial charge in [0.05, 0.1) is 4.99 Å². The summed E-state index contributed by atoms with van der Waals surface area (Å²) in [6.45, 7) is 2.94. The van der Waals surface area contributed by atoms with Crippen LogP contribution in [0.1, 0.15) is 20.3 Å². The molecule has 0 aromatic carbocycles. The van der Waals surface area contributed by atoms with E-state index in [1.807, 2.05) is 6.92 Å². The molecule has 0 aliphatic carbocycles. The van der Waals surface area contributed by atoms with Crippen molar-refractivity contribution < 1.29 is 14.6 Å². The number of aliphatic hydroxyl groups excluding tert-OH is 1. The Labute approximate surface area is 76.9 Å². The number of carbonyl (C=O) groups is 1. The topological polar surface area (TPSA) is 58.6 Å². The fraction of sp³-hybridized carbons (Fsp3) is 0.714. The number of carbonyl (C=O) groups excluding carboxylic acids is 1. The SMILES string of the molecule is CCC(NC(C)=S)OC(=O)CO. The standard InChI is InChI=1S/C7H13NO3S/c1-3-6(8-5(2)12)11-7(10)4-9/h6,9H,3-4H2,1-2H3,(H,8,12). The lowest BCUT2D eigenvalue weighted by Crippen LogP contribution is -2.36. The maximum Gasteiger partial charge on any atom is 0.333 e. The van der Waals surface area contributed by atoms with Crippen molar-refractivity contribution in [2.75, 3.05) is 6.61 Å². The number of aliphatic hydroxyl groups is 1. The van der Waals surface area contributed by atoms with Gasteiger partial charge in [-0.3, -0.25) is 0 Å². The fourth-order valence-corrected chi connectivity index (χ4v) is 0.769. The molecule has 0 rings (SSSR count). The van der Waals surface area contributed by atoms with Gasteiger partial charge in [-0.2, -0.15) is 0 Å². The van der Waals surface area contributed by atoms with Gasteiger partial charge in [0.25, 0.3) is 0 Å². The molecule has 5 heteroatoms. The molecule has 0 spiro atoms. The van der Waals surface area contributed by atoms with E-state index in [2.05, 4.69) is 5.32 Å². The second kappa shape index (κ2) is 5.91. The van der Waals surface area contributed by atoms with Crippen molar-refractivity contribution in [3.8, 4) is 0 Å². The van der Waals surface area contributed by atoms with Crippen molar-refractivity contribution >= 4 is 23.2 Å². The highest BCUT2D eigenvalue weighted by Crippen LogP contribution is 1.94. The van der Waals surface area contributed by atoms with E-state index in [1.54, 1.807) is 6.92 Å². The van der Waals surface area contributed by atoms with E-state index < -0.39 is 18.8 Å². The third-order valence-electron chi connectivity index (χ3n) is 1.14. The second-order valence-electron chi connectivity index (χ2n) is 2.25. The van der Waals surface area contributed by atoms with Crippen molar-refractivity contribution in [2.24, 2.45) is 0 Å². The Morgan fingerprint density at radius 2 is 2.33 bits per heavy atom. The van der Waals surface area contributed by atoms with Gasteiger partial charge in [0.15, 0.2) is 6.23 Å². The van der Waals surface area contributed by atoms with Crippen LogP contribution in [-0.2, 0) is 9.53 Å². The van der Waals surface area contributed by atoms with Crippen molar-refractivity contribution in [3.63, 3.8) is 0 Å². The summed E-state index contributed by atoms with van der Waals surface area (Å²) >= 11 is 4.76. The lowest BCUT2D eigenvalue weighted by atomic mass is 10.4. The van der Waals surface area contributed by atoms with Gasteiger partial charge in [0.2, 0.25) is 0 Å². The third-order valence-corrected chi connectivity index (χ3v) is 1.26. The number of esters is 1. The van der Waals surface area contributed by atoms with Crippen molar-refractivity contribution in [1.82, 2.24) is 5.32 Å². The van der Waals surface area contributed by atoms with Crippen molar-refractivity contribution in [3.05, 3.63) is 0 Å². The predicted molar refractivity (Wildman–Crippen MR) is 48.7 cm³/mol. The minimum absolute atomic E-state index is 0.429. The first-order chi connectivity index (χ1) is 5.60.